The molecule has 1 saturated heterocycles. The number of carbonyl (C=O) groups excluding carboxylic acids is 1. The first-order valence-electron chi connectivity index (χ1n) is 5.23. The molecule has 2 rings (SSSR count). The first-order chi connectivity index (χ1) is 7.59. The van der Waals surface area contributed by atoms with Crippen LogP contribution in [-0.4, -0.2) is 24.7 Å². The quantitative estimate of drug-likeness (QED) is 0.900. The number of hydrogen-bond donors (Lipinski definition) is 1. The van der Waals surface area contributed by atoms with Crippen molar-refractivity contribution < 1.29 is 9.53 Å². The summed E-state index contributed by atoms with van der Waals surface area (Å²) in [6, 6.07) is 8.07. The molecule has 1 aromatic rings. The third-order valence-corrected chi connectivity index (χ3v) is 3.51. The average Bonchev–Trinajstić information content (AvgIpc) is 2.27. The van der Waals surface area contributed by atoms with Crippen molar-refractivity contribution in [3.8, 4) is 0 Å². The summed E-state index contributed by atoms with van der Waals surface area (Å²) in [5.41, 5.74) is 0.888. The van der Waals surface area contributed by atoms with Crippen molar-refractivity contribution in [2.45, 2.75) is 18.9 Å². The second kappa shape index (κ2) is 4.55. The number of benzene rings is 1. The van der Waals surface area contributed by atoms with Crippen molar-refractivity contribution >= 4 is 21.8 Å². The molecule has 4 heteroatoms. The third-order valence-electron chi connectivity index (χ3n) is 2.73. The fraction of sp³-hybridized carbons (Fsp3) is 0.417. The van der Waals surface area contributed by atoms with E-state index in [1.54, 1.807) is 0 Å². The summed E-state index contributed by atoms with van der Waals surface area (Å²) in [5, 5.41) is 2.83. The first-order valence-corrected chi connectivity index (χ1v) is 6.02. The van der Waals surface area contributed by atoms with Gasteiger partial charge in [0.25, 0.3) is 0 Å². The van der Waals surface area contributed by atoms with Gasteiger partial charge in [-0.15, -0.1) is 0 Å². The Balaban J connectivity index is 2.09. The number of halogens is 1. The monoisotopic (exact) mass is 283 g/mol. The number of nitrogens with one attached hydrogen (secondary N) is 1. The molecule has 1 fully saturated rings. The number of ether oxygens (including phenoxy) is 1. The zero-order valence-electron chi connectivity index (χ0n) is 9.13. The van der Waals surface area contributed by atoms with Gasteiger partial charge in [0.05, 0.1) is 5.60 Å². The van der Waals surface area contributed by atoms with Gasteiger partial charge in [0, 0.05) is 17.4 Å². The Bertz CT molecular complexity index is 396. The summed E-state index contributed by atoms with van der Waals surface area (Å²) in [6.07, 6.45) is 0.786. The Morgan fingerprint density at radius 2 is 2.25 bits per heavy atom. The van der Waals surface area contributed by atoms with Crippen LogP contribution in [0.25, 0.3) is 0 Å². The van der Waals surface area contributed by atoms with Gasteiger partial charge >= 0.3 is 0 Å². The van der Waals surface area contributed by atoms with Gasteiger partial charge in [-0.25, -0.2) is 0 Å². The first kappa shape index (κ1) is 11.6. The number of morpholine rings is 1. The lowest BCUT2D eigenvalue weighted by atomic mass is 9.95. The average molecular weight is 284 g/mol. The van der Waals surface area contributed by atoms with E-state index in [1.807, 2.05) is 25.1 Å². The molecule has 0 saturated carbocycles. The van der Waals surface area contributed by atoms with Crippen LogP contribution in [-0.2, 0) is 16.0 Å². The highest BCUT2D eigenvalue weighted by atomic mass is 79.9. The van der Waals surface area contributed by atoms with Crippen molar-refractivity contribution in [3.05, 3.63) is 34.3 Å². The van der Waals surface area contributed by atoms with Gasteiger partial charge in [0.1, 0.15) is 6.61 Å². The molecule has 0 spiro atoms. The summed E-state index contributed by atoms with van der Waals surface area (Å²) in [4.78, 5) is 11.0. The second-order valence-electron chi connectivity index (χ2n) is 4.28. The maximum atomic E-state index is 11.0. The summed E-state index contributed by atoms with van der Waals surface area (Å²) in [6.45, 7) is 2.74. The van der Waals surface area contributed by atoms with Crippen LogP contribution in [0.4, 0.5) is 0 Å². The minimum atomic E-state index is -0.308. The second-order valence-corrected chi connectivity index (χ2v) is 5.14. The number of amides is 1. The van der Waals surface area contributed by atoms with E-state index in [0.717, 1.165) is 10.9 Å². The van der Waals surface area contributed by atoms with E-state index < -0.39 is 0 Å². The summed E-state index contributed by atoms with van der Waals surface area (Å²) >= 11 is 3.52. The molecule has 1 heterocycles. The molecule has 1 aliphatic rings. The molecule has 1 aliphatic heterocycles. The van der Waals surface area contributed by atoms with E-state index >= 15 is 0 Å². The third kappa shape index (κ3) is 2.62. The molecular formula is C12H14BrNO2. The zero-order valence-corrected chi connectivity index (χ0v) is 10.7. The van der Waals surface area contributed by atoms with Crippen molar-refractivity contribution in [2.75, 3.05) is 13.2 Å². The molecule has 0 aromatic heterocycles. The summed E-state index contributed by atoms with van der Waals surface area (Å²) in [7, 11) is 0. The van der Waals surface area contributed by atoms with Crippen molar-refractivity contribution in [1.82, 2.24) is 5.32 Å². The normalized spacial score (nSPS) is 25.2. The molecule has 3 nitrogen and oxygen atoms in total. The fourth-order valence-corrected chi connectivity index (χ4v) is 2.21. The number of carbonyl (C=O) groups is 1. The van der Waals surface area contributed by atoms with Crippen LogP contribution in [0, 0.1) is 0 Å². The van der Waals surface area contributed by atoms with Crippen LogP contribution >= 0.6 is 15.9 Å². The van der Waals surface area contributed by atoms with Gasteiger partial charge in [0.15, 0.2) is 0 Å². The highest BCUT2D eigenvalue weighted by molar-refractivity contribution is 9.10. The molecule has 1 aromatic carbocycles. The molecule has 86 valence electrons. The molecule has 1 N–H and O–H groups in total. The molecule has 16 heavy (non-hydrogen) atoms. The maximum absolute atomic E-state index is 11.0. The molecule has 1 atom stereocenters. The van der Waals surface area contributed by atoms with Crippen LogP contribution in [0.15, 0.2) is 28.7 Å². The standard InChI is InChI=1S/C12H14BrNO2/c1-12(8-14-11(15)7-16-12)6-9-4-2-3-5-10(9)13/h2-5H,6-8H2,1H3,(H,14,15). The van der Waals surface area contributed by atoms with E-state index in [9.17, 15) is 4.79 Å². The van der Waals surface area contributed by atoms with Gasteiger partial charge in [-0.1, -0.05) is 34.1 Å². The largest absolute Gasteiger partial charge is 0.363 e. The van der Waals surface area contributed by atoms with Gasteiger partial charge in [-0.3, -0.25) is 4.79 Å². The zero-order chi connectivity index (χ0) is 11.6. The highest BCUT2D eigenvalue weighted by Gasteiger charge is 2.31. The predicted molar refractivity (Wildman–Crippen MR) is 65.2 cm³/mol. The van der Waals surface area contributed by atoms with E-state index in [2.05, 4.69) is 27.3 Å². The lowest BCUT2D eigenvalue weighted by Gasteiger charge is -2.34. The lowest BCUT2D eigenvalue weighted by molar-refractivity contribution is -0.141. The Morgan fingerprint density at radius 3 is 2.88 bits per heavy atom. The van der Waals surface area contributed by atoms with Gasteiger partial charge in [-0.2, -0.15) is 0 Å². The molecular weight excluding hydrogens is 270 g/mol. The van der Waals surface area contributed by atoms with E-state index in [-0.39, 0.29) is 18.1 Å². The summed E-state index contributed by atoms with van der Waals surface area (Å²) in [5.74, 6) is -0.0374. The smallest absolute Gasteiger partial charge is 0.246 e. The Labute approximate surface area is 103 Å². The van der Waals surface area contributed by atoms with E-state index in [0.29, 0.717) is 6.54 Å². The Kier molecular flexibility index (Phi) is 3.30. The van der Waals surface area contributed by atoms with E-state index in [4.69, 9.17) is 4.74 Å². The topological polar surface area (TPSA) is 38.3 Å². The fourth-order valence-electron chi connectivity index (χ4n) is 1.79. The van der Waals surface area contributed by atoms with Crippen molar-refractivity contribution in [1.29, 1.82) is 0 Å². The molecule has 1 amide bonds. The lowest BCUT2D eigenvalue weighted by Crippen LogP contribution is -2.51. The van der Waals surface area contributed by atoms with Crippen LogP contribution < -0.4 is 5.32 Å². The van der Waals surface area contributed by atoms with Crippen LogP contribution in [0.3, 0.4) is 0 Å². The van der Waals surface area contributed by atoms with Crippen LogP contribution in [0.5, 0.6) is 0 Å². The minimum absolute atomic E-state index is 0.0374. The van der Waals surface area contributed by atoms with Crippen LogP contribution in [0.1, 0.15) is 12.5 Å². The Morgan fingerprint density at radius 1 is 1.50 bits per heavy atom. The highest BCUT2D eigenvalue weighted by Crippen LogP contribution is 2.24. The number of rotatable bonds is 2. The molecule has 0 radical (unpaired) electrons. The molecule has 1 unspecified atom stereocenters. The number of hydrogen-bond acceptors (Lipinski definition) is 2. The van der Waals surface area contributed by atoms with Gasteiger partial charge < -0.3 is 10.1 Å². The molecule has 0 bridgehead atoms. The van der Waals surface area contributed by atoms with Crippen molar-refractivity contribution in [2.24, 2.45) is 0 Å². The van der Waals surface area contributed by atoms with E-state index in [1.165, 1.54) is 5.56 Å². The van der Waals surface area contributed by atoms with Crippen molar-refractivity contribution in [3.63, 3.8) is 0 Å². The predicted octanol–water partition coefficient (Wildman–Crippen LogP) is 1.90. The van der Waals surface area contributed by atoms with Gasteiger partial charge in [0.2, 0.25) is 5.91 Å². The SMILES string of the molecule is CC1(Cc2ccccc2Br)CNC(=O)CO1. The van der Waals surface area contributed by atoms with Crippen LogP contribution in [0.2, 0.25) is 0 Å². The minimum Gasteiger partial charge on any atom is -0.363 e. The maximum Gasteiger partial charge on any atom is 0.246 e. The van der Waals surface area contributed by atoms with Gasteiger partial charge in [-0.05, 0) is 18.6 Å². The molecule has 0 aliphatic carbocycles. The Hall–Kier alpha value is -0.870. The summed E-state index contributed by atoms with van der Waals surface area (Å²) < 4.78 is 6.68.